The maximum absolute atomic E-state index is 13.7. The van der Waals surface area contributed by atoms with Gasteiger partial charge in [0.25, 0.3) is 20.0 Å². The summed E-state index contributed by atoms with van der Waals surface area (Å²) >= 11 is 0. The largest absolute Gasteiger partial charge is 1.00 e. The number of alkyl halides is 3. The van der Waals surface area contributed by atoms with Crippen LogP contribution in [0.3, 0.4) is 0 Å². The lowest BCUT2D eigenvalue weighted by Gasteiger charge is -2.23. The van der Waals surface area contributed by atoms with Gasteiger partial charge >= 0.3 is 6.18 Å². The lowest BCUT2D eigenvalue weighted by atomic mass is 10.2. The molecule has 0 unspecified atom stereocenters. The Morgan fingerprint density at radius 2 is 1.07 bits per heavy atom. The van der Waals surface area contributed by atoms with E-state index in [0.717, 1.165) is 34.0 Å². The van der Waals surface area contributed by atoms with Crippen LogP contribution in [0, 0.1) is 0 Å². The van der Waals surface area contributed by atoms with Gasteiger partial charge in [-0.15, -0.1) is 0 Å². The minimum absolute atomic E-state index is 0. The van der Waals surface area contributed by atoms with Crippen molar-refractivity contribution in [2.45, 2.75) is 49.8 Å². The summed E-state index contributed by atoms with van der Waals surface area (Å²) in [6.07, 6.45) is -5.19. The van der Waals surface area contributed by atoms with Crippen molar-refractivity contribution in [1.29, 1.82) is 0 Å². The molecule has 0 spiro atoms. The van der Waals surface area contributed by atoms with Gasteiger partial charge < -0.3 is 52.3 Å². The molecule has 22 heteroatoms. The Bertz CT molecular complexity index is 2050. The molecule has 322 valence electrons. The molecule has 0 bridgehead atoms. The third kappa shape index (κ3) is 17.7. The number of halogens is 4. The van der Waals surface area contributed by atoms with Crippen LogP contribution >= 0.6 is 0 Å². The summed E-state index contributed by atoms with van der Waals surface area (Å²) < 4.78 is 97.6. The molecule has 2 heterocycles. The summed E-state index contributed by atoms with van der Waals surface area (Å²) in [5.74, 6) is -1.57. The average Bonchev–Trinajstić information content (AvgIpc) is 3.61. The fraction of sp³-hybridized carbons (Fsp3) is 0.457. The number of rotatable bonds is 13. The zero-order chi connectivity index (χ0) is 42.2. The zero-order valence-electron chi connectivity index (χ0n) is 32.9. The predicted molar refractivity (Wildman–Crippen MR) is 201 cm³/mol. The van der Waals surface area contributed by atoms with Gasteiger partial charge in [-0.25, -0.2) is 22.0 Å². The van der Waals surface area contributed by atoms with Gasteiger partial charge in [-0.1, -0.05) is 31.7 Å². The molecule has 4 rings (SSSR count). The minimum Gasteiger partial charge on any atom is -1.00 e. The highest BCUT2D eigenvalue weighted by atomic mass is 127. The normalized spacial score (nSPS) is 11.9. The van der Waals surface area contributed by atoms with Crippen LogP contribution in [0.4, 0.5) is 13.2 Å². The molecular weight excluding hydrogens is 908 g/mol. The second-order valence-corrected chi connectivity index (χ2v) is 17.8. The van der Waals surface area contributed by atoms with Crippen molar-refractivity contribution in [2.24, 2.45) is 19.2 Å². The number of methoxy groups -OCH3 is 2. The molecule has 0 amide bonds. The molecule has 0 saturated heterocycles. The van der Waals surface area contributed by atoms with E-state index in [-0.39, 0.29) is 54.5 Å². The van der Waals surface area contributed by atoms with Crippen molar-refractivity contribution < 1.29 is 82.3 Å². The van der Waals surface area contributed by atoms with Crippen LogP contribution in [0.15, 0.2) is 70.7 Å². The zero-order valence-corrected chi connectivity index (χ0v) is 36.7. The fourth-order valence-corrected chi connectivity index (χ4v) is 6.66. The number of carbonyl (C=O) groups excluding carboxylic acids is 1. The number of aryl methyl sites for hydroxylation is 2. The number of quaternary nitrogens is 2. The van der Waals surface area contributed by atoms with Crippen LogP contribution in [0.1, 0.15) is 29.9 Å². The number of primary sulfonamides is 1. The molecule has 2 aromatic heterocycles. The van der Waals surface area contributed by atoms with E-state index in [1.165, 1.54) is 10.4 Å². The first-order chi connectivity index (χ1) is 25.1. The van der Waals surface area contributed by atoms with Gasteiger partial charge in [0, 0.05) is 39.3 Å². The highest BCUT2D eigenvalue weighted by molar-refractivity contribution is 7.89. The maximum Gasteiger partial charge on any atom is 0.430 e. The lowest BCUT2D eigenvalue weighted by molar-refractivity contribution is -0.884. The molecule has 0 radical (unpaired) electrons. The van der Waals surface area contributed by atoms with Gasteiger partial charge in [-0.2, -0.15) is 27.7 Å². The van der Waals surface area contributed by atoms with Crippen molar-refractivity contribution in [1.82, 2.24) is 23.9 Å². The Balaban J connectivity index is 0.00000108. The second-order valence-electron chi connectivity index (χ2n) is 14.4. The Hall–Kier alpha value is -3.81. The number of hydrogen-bond donors (Lipinski definition) is 1. The highest BCUT2D eigenvalue weighted by Crippen LogP contribution is 2.24. The van der Waals surface area contributed by atoms with Crippen molar-refractivity contribution in [3.63, 3.8) is 0 Å². The second kappa shape index (κ2) is 21.3. The lowest BCUT2D eigenvalue weighted by Crippen LogP contribution is -3.00. The van der Waals surface area contributed by atoms with Gasteiger partial charge in [0.1, 0.15) is 30.6 Å². The van der Waals surface area contributed by atoms with E-state index < -0.39 is 32.2 Å². The van der Waals surface area contributed by atoms with Crippen LogP contribution < -0.4 is 43.7 Å². The van der Waals surface area contributed by atoms with Crippen molar-refractivity contribution >= 4 is 26.0 Å². The van der Waals surface area contributed by atoms with E-state index in [1.54, 1.807) is 43.7 Å². The van der Waals surface area contributed by atoms with Gasteiger partial charge in [-0.05, 0) is 35.4 Å². The van der Waals surface area contributed by atoms with E-state index in [2.05, 4.69) is 31.3 Å². The molecule has 0 saturated carbocycles. The SMILES string of the molecule is C.COc1ccc(CN(Cc2ccc(OC)cc2)S(=O)(=O)c2cc(C[N+](C)(C)C)n(C)n2)cc1.Cn1nc(S(N)(=O)=O)cc1C[N+](C)(C)C.O=C([O-])C(F)(F)F.[I-]. The van der Waals surface area contributed by atoms with E-state index in [4.69, 9.17) is 24.5 Å². The number of sulfonamides is 2. The number of nitrogens with zero attached hydrogens (tertiary/aromatic N) is 7. The number of carboxylic acid groups (broad SMARTS) is 1. The molecule has 0 aliphatic carbocycles. The third-order valence-corrected chi connectivity index (χ3v) is 9.79. The summed E-state index contributed by atoms with van der Waals surface area (Å²) in [6.45, 7) is 1.77. The molecule has 0 fully saturated rings. The maximum atomic E-state index is 13.7. The number of aromatic nitrogens is 4. The third-order valence-electron chi connectivity index (χ3n) is 7.34. The number of carboxylic acids is 1. The molecular formula is C35H54F3IN8O8S2. The van der Waals surface area contributed by atoms with Crippen LogP contribution in [-0.2, 0) is 65.1 Å². The topological polar surface area (TPSA) is 192 Å². The van der Waals surface area contributed by atoms with E-state index in [0.29, 0.717) is 22.1 Å². The van der Waals surface area contributed by atoms with Crippen molar-refractivity contribution in [2.75, 3.05) is 56.5 Å². The van der Waals surface area contributed by atoms with Crippen LogP contribution in [-0.4, -0.2) is 118 Å². The van der Waals surface area contributed by atoms with Crippen molar-refractivity contribution in [3.8, 4) is 11.5 Å². The first-order valence-corrected chi connectivity index (χ1v) is 19.3. The van der Waals surface area contributed by atoms with Crippen LogP contribution in [0.5, 0.6) is 11.5 Å². The van der Waals surface area contributed by atoms with Crippen molar-refractivity contribution in [3.05, 3.63) is 83.2 Å². The van der Waals surface area contributed by atoms with Crippen LogP contribution in [0.25, 0.3) is 0 Å². The first-order valence-electron chi connectivity index (χ1n) is 16.3. The number of nitrogens with two attached hydrogens (primary N) is 1. The fourth-order valence-electron chi connectivity index (χ4n) is 4.71. The summed E-state index contributed by atoms with van der Waals surface area (Å²) in [6, 6.07) is 18.0. The predicted octanol–water partition coefficient (Wildman–Crippen LogP) is -0.753. The van der Waals surface area contributed by atoms with Gasteiger partial charge in [0.2, 0.25) is 0 Å². The van der Waals surface area contributed by atoms with Crippen LogP contribution in [0.2, 0.25) is 0 Å². The minimum atomic E-state index is -5.19. The van der Waals surface area contributed by atoms with Gasteiger partial charge in [0.05, 0.1) is 67.9 Å². The van der Waals surface area contributed by atoms with E-state index >= 15 is 0 Å². The van der Waals surface area contributed by atoms with E-state index in [9.17, 15) is 30.0 Å². The molecule has 0 aliphatic heterocycles. The first kappa shape index (κ1) is 53.2. The number of ether oxygens (including phenoxy) is 2. The Kier molecular flexibility index (Phi) is 19.8. The molecule has 2 N–H and O–H groups in total. The average molecular weight is 963 g/mol. The number of benzene rings is 2. The number of hydrogen-bond acceptors (Lipinski definition) is 10. The summed E-state index contributed by atoms with van der Waals surface area (Å²) in [5.41, 5.74) is 3.41. The molecule has 57 heavy (non-hydrogen) atoms. The van der Waals surface area contributed by atoms with Gasteiger partial charge in [0.15, 0.2) is 10.1 Å². The summed E-state index contributed by atoms with van der Waals surface area (Å²) in [7, 11) is 11.4. The summed E-state index contributed by atoms with van der Waals surface area (Å²) in [5, 5.41) is 22.0. The molecule has 2 aromatic carbocycles. The Morgan fingerprint density at radius 3 is 1.33 bits per heavy atom. The molecule has 16 nitrogen and oxygen atoms in total. The number of aliphatic carboxylic acids is 1. The van der Waals surface area contributed by atoms with Gasteiger partial charge in [-0.3, -0.25) is 9.36 Å². The monoisotopic (exact) mass is 962 g/mol. The summed E-state index contributed by atoms with van der Waals surface area (Å²) in [4.78, 5) is 8.78. The smallest absolute Gasteiger partial charge is 0.430 e. The van der Waals surface area contributed by atoms with E-state index in [1.807, 2.05) is 69.7 Å². The Labute approximate surface area is 350 Å². The molecule has 0 atom stereocenters. The molecule has 0 aliphatic rings. The Morgan fingerprint density at radius 1 is 0.754 bits per heavy atom. The quantitative estimate of drug-likeness (QED) is 0.132. The number of carbonyl (C=O) groups is 1. The standard InChI is InChI=1S/C24H33N4O4S.C8H17N4O2S.C2HF3O2.CH4.HI/c1-26-21(18-28(2,3)4)15-24(25-26)33(29,30)27(16-19-7-11-22(31-5)12-8-19)17-20-9-13-23(32-6)14-10-20;1-11-7(6-12(2,3)4)5-8(10-11)15(9,13)14;3-2(4,5)1(6)7;;/h7-15H,16-18H2,1-6H3;5H,6H2,1-4H3,(H2,9,13,14);(H,6,7);1H4;1H/q2*+1;;;/p-2. The highest BCUT2D eigenvalue weighted by Gasteiger charge is 2.30. The molecule has 4 aromatic rings.